The second-order valence-electron chi connectivity index (χ2n) is 8.32. The highest BCUT2D eigenvalue weighted by Gasteiger charge is 2.47. The summed E-state index contributed by atoms with van der Waals surface area (Å²) in [4.78, 5) is 53.0. The van der Waals surface area contributed by atoms with Crippen LogP contribution >= 0.6 is 0 Å². The molecule has 2 aromatic carbocycles. The van der Waals surface area contributed by atoms with Crippen LogP contribution in [0.2, 0.25) is 0 Å². The first-order valence-corrected chi connectivity index (χ1v) is 10.6. The van der Waals surface area contributed by atoms with Gasteiger partial charge in [0.25, 0.3) is 11.8 Å². The van der Waals surface area contributed by atoms with E-state index >= 15 is 0 Å². The minimum Gasteiger partial charge on any atom is -0.350 e. The third-order valence-electron chi connectivity index (χ3n) is 5.71. The van der Waals surface area contributed by atoms with E-state index in [9.17, 15) is 19.2 Å². The third-order valence-corrected chi connectivity index (χ3v) is 5.71. The molecule has 2 aliphatic rings. The fraction of sp³-hybridized carbons (Fsp3) is 0.333. The van der Waals surface area contributed by atoms with Crippen molar-refractivity contribution in [2.24, 2.45) is 0 Å². The van der Waals surface area contributed by atoms with E-state index in [0.717, 1.165) is 18.4 Å². The van der Waals surface area contributed by atoms with Crippen LogP contribution in [-0.4, -0.2) is 60.1 Å². The Bertz CT molecular complexity index is 1060. The zero-order valence-electron chi connectivity index (χ0n) is 18.1. The maximum Gasteiger partial charge on any atom is 0.255 e. The summed E-state index contributed by atoms with van der Waals surface area (Å²) in [6.45, 7) is 0.103. The zero-order valence-corrected chi connectivity index (χ0v) is 18.1. The van der Waals surface area contributed by atoms with Gasteiger partial charge in [-0.05, 0) is 42.2 Å². The van der Waals surface area contributed by atoms with Gasteiger partial charge >= 0.3 is 0 Å². The van der Waals surface area contributed by atoms with Crippen LogP contribution in [0, 0.1) is 0 Å². The number of hydrogen-bond donors (Lipinski definition) is 2. The van der Waals surface area contributed by atoms with Gasteiger partial charge in [0, 0.05) is 37.8 Å². The summed E-state index contributed by atoms with van der Waals surface area (Å²) < 4.78 is 0. The van der Waals surface area contributed by atoms with Gasteiger partial charge in [-0.1, -0.05) is 30.3 Å². The SMILES string of the molecule is CN(C)C(=O)c1ccc(CNC(=O)CNC(=O)C2c3ccccc3C(=O)N2C2CC2)cc1. The molecular weight excluding hydrogens is 408 g/mol. The topological polar surface area (TPSA) is 98.8 Å². The van der Waals surface area contributed by atoms with Crippen LogP contribution in [0.3, 0.4) is 0 Å². The average molecular weight is 434 g/mol. The second kappa shape index (κ2) is 8.82. The predicted octanol–water partition coefficient (Wildman–Crippen LogP) is 1.48. The summed E-state index contributed by atoms with van der Waals surface area (Å²) in [5.74, 6) is -0.890. The van der Waals surface area contributed by atoms with Crippen molar-refractivity contribution in [3.63, 3.8) is 0 Å². The van der Waals surface area contributed by atoms with Gasteiger partial charge in [0.05, 0.1) is 6.54 Å². The number of nitrogens with zero attached hydrogens (tertiary/aromatic N) is 2. The molecule has 0 radical (unpaired) electrons. The smallest absolute Gasteiger partial charge is 0.255 e. The molecule has 0 spiro atoms. The summed E-state index contributed by atoms with van der Waals surface area (Å²) in [6.07, 6.45) is 1.78. The molecule has 8 nitrogen and oxygen atoms in total. The summed E-state index contributed by atoms with van der Waals surface area (Å²) in [5.41, 5.74) is 2.66. The molecule has 4 rings (SSSR count). The molecule has 4 amide bonds. The Morgan fingerprint density at radius 3 is 2.34 bits per heavy atom. The standard InChI is InChI=1S/C24H26N4O4/c1-27(2)23(31)16-9-7-15(8-10-16)13-25-20(29)14-26-22(30)21-18-5-3-4-6-19(18)24(32)28(21)17-11-12-17/h3-10,17,21H,11-14H2,1-2H3,(H,25,29)(H,26,30). The van der Waals surface area contributed by atoms with Crippen molar-refractivity contribution in [1.29, 1.82) is 0 Å². The van der Waals surface area contributed by atoms with Crippen LogP contribution in [0.4, 0.5) is 0 Å². The van der Waals surface area contributed by atoms with Crippen LogP contribution < -0.4 is 10.6 Å². The largest absolute Gasteiger partial charge is 0.350 e. The van der Waals surface area contributed by atoms with Gasteiger partial charge in [-0.3, -0.25) is 19.2 Å². The highest BCUT2D eigenvalue weighted by molar-refractivity contribution is 6.05. The molecule has 2 aromatic rings. The number of carbonyl (C=O) groups is 4. The highest BCUT2D eigenvalue weighted by atomic mass is 16.2. The van der Waals surface area contributed by atoms with Crippen molar-refractivity contribution in [3.05, 3.63) is 70.8 Å². The Morgan fingerprint density at radius 2 is 1.69 bits per heavy atom. The molecule has 166 valence electrons. The first-order chi connectivity index (χ1) is 15.4. The fourth-order valence-electron chi connectivity index (χ4n) is 3.88. The van der Waals surface area contributed by atoms with Gasteiger partial charge in [-0.15, -0.1) is 0 Å². The molecule has 0 bridgehead atoms. The van der Waals surface area contributed by atoms with Crippen LogP contribution in [0.25, 0.3) is 0 Å². The number of carbonyl (C=O) groups excluding carboxylic acids is 4. The molecule has 1 saturated carbocycles. The first-order valence-electron chi connectivity index (χ1n) is 10.6. The molecular formula is C24H26N4O4. The number of nitrogens with one attached hydrogen (secondary N) is 2. The normalized spacial score (nSPS) is 17.0. The summed E-state index contributed by atoms with van der Waals surface area (Å²) in [7, 11) is 3.38. The molecule has 2 N–H and O–H groups in total. The monoisotopic (exact) mass is 434 g/mol. The first kappa shape index (κ1) is 21.5. The summed E-state index contributed by atoms with van der Waals surface area (Å²) in [5, 5.41) is 5.44. The van der Waals surface area contributed by atoms with E-state index in [4.69, 9.17) is 0 Å². The number of benzene rings is 2. The molecule has 0 aromatic heterocycles. The molecule has 1 heterocycles. The lowest BCUT2D eigenvalue weighted by Gasteiger charge is -2.24. The van der Waals surface area contributed by atoms with Crippen molar-refractivity contribution >= 4 is 23.6 Å². The summed E-state index contributed by atoms with van der Waals surface area (Å²) in [6, 6.07) is 13.5. The number of hydrogen-bond acceptors (Lipinski definition) is 4. The van der Waals surface area contributed by atoms with Crippen molar-refractivity contribution < 1.29 is 19.2 Å². The predicted molar refractivity (Wildman–Crippen MR) is 118 cm³/mol. The Morgan fingerprint density at radius 1 is 1.00 bits per heavy atom. The van der Waals surface area contributed by atoms with Gasteiger partial charge in [-0.25, -0.2) is 0 Å². The lowest BCUT2D eigenvalue weighted by atomic mass is 10.0. The maximum atomic E-state index is 12.9. The fourth-order valence-corrected chi connectivity index (χ4v) is 3.88. The Kier molecular flexibility index (Phi) is 5.94. The van der Waals surface area contributed by atoms with Gasteiger partial charge in [0.15, 0.2) is 0 Å². The lowest BCUT2D eigenvalue weighted by Crippen LogP contribution is -2.43. The molecule has 1 aliphatic carbocycles. The van der Waals surface area contributed by atoms with E-state index < -0.39 is 6.04 Å². The van der Waals surface area contributed by atoms with Crippen molar-refractivity contribution in [3.8, 4) is 0 Å². The second-order valence-corrected chi connectivity index (χ2v) is 8.32. The molecule has 1 unspecified atom stereocenters. The van der Waals surface area contributed by atoms with E-state index in [1.165, 1.54) is 4.90 Å². The van der Waals surface area contributed by atoms with E-state index in [0.29, 0.717) is 16.7 Å². The Labute approximate surface area is 186 Å². The van der Waals surface area contributed by atoms with Crippen LogP contribution in [0.15, 0.2) is 48.5 Å². The van der Waals surface area contributed by atoms with Gasteiger partial charge in [-0.2, -0.15) is 0 Å². The van der Waals surface area contributed by atoms with Crippen LogP contribution in [0.5, 0.6) is 0 Å². The van der Waals surface area contributed by atoms with Crippen LogP contribution in [0.1, 0.15) is 50.7 Å². The number of rotatable bonds is 7. The molecule has 8 heteroatoms. The Hall–Kier alpha value is -3.68. The van der Waals surface area contributed by atoms with Crippen molar-refractivity contribution in [2.45, 2.75) is 31.5 Å². The van der Waals surface area contributed by atoms with Gasteiger partial charge < -0.3 is 20.4 Å². The molecule has 1 fully saturated rings. The molecule has 0 saturated heterocycles. The minimum absolute atomic E-state index is 0.0850. The van der Waals surface area contributed by atoms with Crippen molar-refractivity contribution in [2.75, 3.05) is 20.6 Å². The number of fused-ring (bicyclic) bond motifs is 1. The minimum atomic E-state index is -0.694. The van der Waals surface area contributed by atoms with Gasteiger partial charge in [0.2, 0.25) is 11.8 Å². The summed E-state index contributed by atoms with van der Waals surface area (Å²) >= 11 is 0. The molecule has 1 atom stereocenters. The van der Waals surface area contributed by atoms with Crippen LogP contribution in [-0.2, 0) is 16.1 Å². The molecule has 1 aliphatic heterocycles. The van der Waals surface area contributed by atoms with Crippen molar-refractivity contribution in [1.82, 2.24) is 20.4 Å². The maximum absolute atomic E-state index is 12.9. The third kappa shape index (κ3) is 4.34. The lowest BCUT2D eigenvalue weighted by molar-refractivity contribution is -0.129. The van der Waals surface area contributed by atoms with E-state index in [-0.39, 0.29) is 42.8 Å². The van der Waals surface area contributed by atoms with E-state index in [1.54, 1.807) is 61.5 Å². The highest BCUT2D eigenvalue weighted by Crippen LogP contribution is 2.41. The number of amides is 4. The average Bonchev–Trinajstić information content (AvgIpc) is 3.59. The van der Waals surface area contributed by atoms with Gasteiger partial charge in [0.1, 0.15) is 6.04 Å². The van der Waals surface area contributed by atoms with E-state index in [2.05, 4.69) is 10.6 Å². The zero-order chi connectivity index (χ0) is 22.8. The van der Waals surface area contributed by atoms with E-state index in [1.807, 2.05) is 6.07 Å². The Balaban J connectivity index is 1.32. The quantitative estimate of drug-likeness (QED) is 0.690. The molecule has 32 heavy (non-hydrogen) atoms.